The molecule has 0 atom stereocenters. The first-order valence-electron chi connectivity index (χ1n) is 5.95. The van der Waals surface area contributed by atoms with Crippen molar-refractivity contribution in [2.75, 3.05) is 37.8 Å². The standard InChI is InChI=1S/C13H19NO2/c1-2-8-16-13-5-3-4-12(11-13)14-6-9-15-10-7-14/h3-5,11H,2,6-10H2,1H3. The molecule has 0 aliphatic carbocycles. The van der Waals surface area contributed by atoms with Gasteiger partial charge < -0.3 is 14.4 Å². The summed E-state index contributed by atoms with van der Waals surface area (Å²) in [5.74, 6) is 0.964. The van der Waals surface area contributed by atoms with Crippen molar-refractivity contribution in [2.24, 2.45) is 0 Å². The summed E-state index contributed by atoms with van der Waals surface area (Å²) < 4.78 is 11.0. The molecule has 0 aromatic heterocycles. The lowest BCUT2D eigenvalue weighted by molar-refractivity contribution is 0.122. The van der Waals surface area contributed by atoms with Gasteiger partial charge in [0.2, 0.25) is 0 Å². The molecule has 0 spiro atoms. The maximum atomic E-state index is 5.63. The molecule has 1 heterocycles. The molecule has 88 valence electrons. The van der Waals surface area contributed by atoms with Crippen LogP contribution in [-0.2, 0) is 4.74 Å². The van der Waals surface area contributed by atoms with Crippen molar-refractivity contribution in [1.82, 2.24) is 0 Å². The Morgan fingerprint density at radius 3 is 2.88 bits per heavy atom. The predicted molar refractivity (Wildman–Crippen MR) is 65.3 cm³/mol. The summed E-state index contributed by atoms with van der Waals surface area (Å²) >= 11 is 0. The van der Waals surface area contributed by atoms with Crippen LogP contribution >= 0.6 is 0 Å². The predicted octanol–water partition coefficient (Wildman–Crippen LogP) is 2.31. The highest BCUT2D eigenvalue weighted by molar-refractivity contribution is 5.50. The number of anilines is 1. The molecule has 3 nitrogen and oxygen atoms in total. The van der Waals surface area contributed by atoms with Crippen molar-refractivity contribution in [3.8, 4) is 5.75 Å². The van der Waals surface area contributed by atoms with Gasteiger partial charge in [0, 0.05) is 24.8 Å². The zero-order chi connectivity index (χ0) is 11.2. The third kappa shape index (κ3) is 2.89. The number of rotatable bonds is 4. The van der Waals surface area contributed by atoms with Gasteiger partial charge in [-0.15, -0.1) is 0 Å². The zero-order valence-electron chi connectivity index (χ0n) is 9.82. The van der Waals surface area contributed by atoms with Gasteiger partial charge in [0.05, 0.1) is 19.8 Å². The number of hydrogen-bond donors (Lipinski definition) is 0. The van der Waals surface area contributed by atoms with E-state index in [0.29, 0.717) is 0 Å². The molecule has 16 heavy (non-hydrogen) atoms. The average Bonchev–Trinajstić information content (AvgIpc) is 2.38. The quantitative estimate of drug-likeness (QED) is 0.778. The molecule has 1 aromatic rings. The fourth-order valence-electron chi connectivity index (χ4n) is 1.81. The Bertz CT molecular complexity index is 321. The maximum Gasteiger partial charge on any atom is 0.121 e. The summed E-state index contributed by atoms with van der Waals surface area (Å²) in [4.78, 5) is 2.34. The van der Waals surface area contributed by atoms with Gasteiger partial charge in [-0.05, 0) is 18.6 Å². The van der Waals surface area contributed by atoms with Crippen LogP contribution in [0.15, 0.2) is 24.3 Å². The molecule has 1 aliphatic rings. The van der Waals surface area contributed by atoms with Gasteiger partial charge in [-0.25, -0.2) is 0 Å². The van der Waals surface area contributed by atoms with E-state index in [0.717, 1.165) is 45.1 Å². The van der Waals surface area contributed by atoms with Crippen molar-refractivity contribution in [3.63, 3.8) is 0 Å². The van der Waals surface area contributed by atoms with Crippen LogP contribution < -0.4 is 9.64 Å². The van der Waals surface area contributed by atoms with Gasteiger partial charge in [-0.2, -0.15) is 0 Å². The Kier molecular flexibility index (Phi) is 4.05. The van der Waals surface area contributed by atoms with Crippen molar-refractivity contribution < 1.29 is 9.47 Å². The zero-order valence-corrected chi connectivity index (χ0v) is 9.82. The smallest absolute Gasteiger partial charge is 0.121 e. The third-order valence-electron chi connectivity index (χ3n) is 2.67. The summed E-state index contributed by atoms with van der Waals surface area (Å²) in [6.45, 7) is 6.48. The first-order chi connectivity index (χ1) is 7.90. The summed E-state index contributed by atoms with van der Waals surface area (Å²) in [6.07, 6.45) is 1.04. The number of ether oxygens (including phenoxy) is 2. The number of nitrogens with zero attached hydrogens (tertiary/aromatic N) is 1. The minimum atomic E-state index is 0.784. The third-order valence-corrected chi connectivity index (χ3v) is 2.67. The molecule has 0 radical (unpaired) electrons. The van der Waals surface area contributed by atoms with Gasteiger partial charge >= 0.3 is 0 Å². The molecule has 0 N–H and O–H groups in total. The van der Waals surface area contributed by atoms with E-state index in [1.165, 1.54) is 5.69 Å². The molecule has 0 saturated carbocycles. The molecule has 0 bridgehead atoms. The van der Waals surface area contributed by atoms with E-state index in [2.05, 4.69) is 30.0 Å². The van der Waals surface area contributed by atoms with Crippen molar-refractivity contribution in [2.45, 2.75) is 13.3 Å². The van der Waals surface area contributed by atoms with E-state index in [4.69, 9.17) is 9.47 Å². The first kappa shape index (κ1) is 11.3. The second kappa shape index (κ2) is 5.75. The Balaban J connectivity index is 2.02. The van der Waals surface area contributed by atoms with E-state index >= 15 is 0 Å². The van der Waals surface area contributed by atoms with Crippen LogP contribution in [0.25, 0.3) is 0 Å². The van der Waals surface area contributed by atoms with Crippen molar-refractivity contribution in [1.29, 1.82) is 0 Å². The molecule has 2 rings (SSSR count). The van der Waals surface area contributed by atoms with Gasteiger partial charge in [0.25, 0.3) is 0 Å². The highest BCUT2D eigenvalue weighted by Gasteiger charge is 2.11. The molecule has 1 fully saturated rings. The molecule has 1 aliphatic heterocycles. The Morgan fingerprint density at radius 1 is 1.31 bits per heavy atom. The molecule has 0 amide bonds. The molecular formula is C13H19NO2. The van der Waals surface area contributed by atoms with Gasteiger partial charge in [-0.1, -0.05) is 13.0 Å². The van der Waals surface area contributed by atoms with Gasteiger partial charge in [-0.3, -0.25) is 0 Å². The van der Waals surface area contributed by atoms with Crippen LogP contribution in [0.5, 0.6) is 5.75 Å². The van der Waals surface area contributed by atoms with Gasteiger partial charge in [0.15, 0.2) is 0 Å². The maximum absolute atomic E-state index is 5.63. The van der Waals surface area contributed by atoms with Crippen LogP contribution in [0, 0.1) is 0 Å². The van der Waals surface area contributed by atoms with E-state index in [1.807, 2.05) is 6.07 Å². The monoisotopic (exact) mass is 221 g/mol. The highest BCUT2D eigenvalue weighted by Crippen LogP contribution is 2.22. The Morgan fingerprint density at radius 2 is 2.12 bits per heavy atom. The summed E-state index contributed by atoms with van der Waals surface area (Å²) in [5, 5.41) is 0. The van der Waals surface area contributed by atoms with Crippen LogP contribution in [0.4, 0.5) is 5.69 Å². The van der Waals surface area contributed by atoms with Crippen LogP contribution in [0.3, 0.4) is 0 Å². The largest absolute Gasteiger partial charge is 0.494 e. The normalized spacial score (nSPS) is 16.2. The molecule has 1 saturated heterocycles. The Hall–Kier alpha value is -1.22. The van der Waals surface area contributed by atoms with E-state index in [9.17, 15) is 0 Å². The van der Waals surface area contributed by atoms with Crippen molar-refractivity contribution >= 4 is 5.69 Å². The second-order valence-corrected chi connectivity index (χ2v) is 3.95. The lowest BCUT2D eigenvalue weighted by Crippen LogP contribution is -2.36. The van der Waals surface area contributed by atoms with Crippen LogP contribution in [0.1, 0.15) is 13.3 Å². The van der Waals surface area contributed by atoms with Crippen LogP contribution in [0.2, 0.25) is 0 Å². The molecule has 3 heteroatoms. The topological polar surface area (TPSA) is 21.7 Å². The molecule has 0 unspecified atom stereocenters. The Labute approximate surface area is 97.0 Å². The minimum Gasteiger partial charge on any atom is -0.494 e. The number of hydrogen-bond acceptors (Lipinski definition) is 3. The SMILES string of the molecule is CCCOc1cccc(N2CCOCC2)c1. The summed E-state index contributed by atoms with van der Waals surface area (Å²) in [5.41, 5.74) is 1.23. The molecule has 1 aromatic carbocycles. The first-order valence-corrected chi connectivity index (χ1v) is 5.95. The minimum absolute atomic E-state index is 0.784. The van der Waals surface area contributed by atoms with Crippen molar-refractivity contribution in [3.05, 3.63) is 24.3 Å². The lowest BCUT2D eigenvalue weighted by Gasteiger charge is -2.29. The fourth-order valence-corrected chi connectivity index (χ4v) is 1.81. The van der Waals surface area contributed by atoms with E-state index in [-0.39, 0.29) is 0 Å². The van der Waals surface area contributed by atoms with Gasteiger partial charge in [0.1, 0.15) is 5.75 Å². The molecular weight excluding hydrogens is 202 g/mol. The fraction of sp³-hybridized carbons (Fsp3) is 0.538. The number of morpholine rings is 1. The summed E-state index contributed by atoms with van der Waals surface area (Å²) in [6, 6.07) is 8.31. The number of benzene rings is 1. The highest BCUT2D eigenvalue weighted by atomic mass is 16.5. The summed E-state index contributed by atoms with van der Waals surface area (Å²) in [7, 11) is 0. The van der Waals surface area contributed by atoms with Crippen LogP contribution in [-0.4, -0.2) is 32.9 Å². The van der Waals surface area contributed by atoms with E-state index < -0.39 is 0 Å². The van der Waals surface area contributed by atoms with E-state index in [1.54, 1.807) is 0 Å². The lowest BCUT2D eigenvalue weighted by atomic mass is 10.2. The second-order valence-electron chi connectivity index (χ2n) is 3.95. The average molecular weight is 221 g/mol.